The average Bonchev–Trinajstić information content (AvgIpc) is 2.99. The lowest BCUT2D eigenvalue weighted by Crippen LogP contribution is -2.44. The van der Waals surface area contributed by atoms with E-state index in [4.69, 9.17) is 4.74 Å². The summed E-state index contributed by atoms with van der Waals surface area (Å²) in [5.74, 6) is 1.01. The van der Waals surface area contributed by atoms with E-state index < -0.39 is 0 Å². The second kappa shape index (κ2) is 7.60. The van der Waals surface area contributed by atoms with E-state index in [2.05, 4.69) is 40.2 Å². The molecule has 2 saturated heterocycles. The number of aromatic nitrogens is 1. The molecule has 4 heteroatoms. The number of nitrogens with zero attached hydrogens (tertiary/aromatic N) is 2. The van der Waals surface area contributed by atoms with Crippen LogP contribution in [0.2, 0.25) is 0 Å². The van der Waals surface area contributed by atoms with Crippen LogP contribution in [-0.4, -0.2) is 34.9 Å². The van der Waals surface area contributed by atoms with Crippen molar-refractivity contribution in [3.05, 3.63) is 71.8 Å². The monoisotopic (exact) mass is 386 g/mol. The van der Waals surface area contributed by atoms with Crippen molar-refractivity contribution in [3.63, 3.8) is 0 Å². The molecule has 2 bridgehead atoms. The van der Waals surface area contributed by atoms with Crippen molar-refractivity contribution in [1.29, 1.82) is 0 Å². The third-order valence-electron chi connectivity index (χ3n) is 6.62. The van der Waals surface area contributed by atoms with Gasteiger partial charge in [-0.3, -0.25) is 9.69 Å². The molecule has 5 rings (SSSR count). The van der Waals surface area contributed by atoms with Crippen LogP contribution in [0.15, 0.2) is 60.7 Å². The first-order chi connectivity index (χ1) is 14.2. The van der Waals surface area contributed by atoms with Crippen LogP contribution < -0.4 is 4.74 Å². The number of ketones is 1. The largest absolute Gasteiger partial charge is 0.481 e. The molecule has 2 atom stereocenters. The van der Waals surface area contributed by atoms with E-state index in [1.54, 1.807) is 7.11 Å². The highest BCUT2D eigenvalue weighted by atomic mass is 16.5. The predicted octanol–water partition coefficient (Wildman–Crippen LogP) is 4.87. The van der Waals surface area contributed by atoms with Gasteiger partial charge in [0.2, 0.25) is 5.88 Å². The van der Waals surface area contributed by atoms with Crippen molar-refractivity contribution in [2.45, 2.75) is 44.3 Å². The van der Waals surface area contributed by atoms with Crippen LogP contribution in [0.5, 0.6) is 5.88 Å². The molecule has 148 valence electrons. The lowest BCUT2D eigenvalue weighted by molar-refractivity contribution is 0.0678. The Hall–Kier alpha value is -2.72. The number of methoxy groups -OCH3 is 1. The van der Waals surface area contributed by atoms with Gasteiger partial charge < -0.3 is 4.74 Å². The highest BCUT2D eigenvalue weighted by Crippen LogP contribution is 2.40. The van der Waals surface area contributed by atoms with E-state index in [0.717, 1.165) is 35.9 Å². The fourth-order valence-corrected chi connectivity index (χ4v) is 5.15. The van der Waals surface area contributed by atoms with Crippen molar-refractivity contribution in [3.8, 4) is 5.88 Å². The van der Waals surface area contributed by atoms with Crippen molar-refractivity contribution in [2.24, 2.45) is 5.92 Å². The number of carbonyl (C=O) groups excluding carboxylic acids is 1. The number of piperidine rings is 1. The molecule has 2 fully saturated rings. The van der Waals surface area contributed by atoms with E-state index in [1.807, 2.05) is 30.3 Å². The first kappa shape index (κ1) is 18.3. The topological polar surface area (TPSA) is 42.4 Å². The fraction of sp³-hybridized carbons (Fsp3) is 0.360. The lowest BCUT2D eigenvalue weighted by atomic mass is 9.84. The maximum atomic E-state index is 13.3. The number of fused-ring (bicyclic) bond motifs is 3. The predicted molar refractivity (Wildman–Crippen MR) is 114 cm³/mol. The van der Waals surface area contributed by atoms with E-state index >= 15 is 0 Å². The number of ether oxygens (including phenoxy) is 1. The zero-order chi connectivity index (χ0) is 19.8. The SMILES string of the molecule is COc1ccc2cc(C(=O)C3CC4CCC(C3)N4Cc3ccccc3)ccc2n1. The van der Waals surface area contributed by atoms with Gasteiger partial charge in [-0.15, -0.1) is 0 Å². The minimum Gasteiger partial charge on any atom is -0.481 e. The Morgan fingerprint density at radius 3 is 2.52 bits per heavy atom. The van der Waals surface area contributed by atoms with Gasteiger partial charge in [0, 0.05) is 41.6 Å². The quantitative estimate of drug-likeness (QED) is 0.587. The van der Waals surface area contributed by atoms with Gasteiger partial charge in [0.25, 0.3) is 0 Å². The van der Waals surface area contributed by atoms with E-state index in [0.29, 0.717) is 23.7 Å². The van der Waals surface area contributed by atoms with Gasteiger partial charge in [0.15, 0.2) is 5.78 Å². The number of pyridine rings is 1. The van der Waals surface area contributed by atoms with Gasteiger partial charge in [0.05, 0.1) is 12.6 Å². The van der Waals surface area contributed by atoms with E-state index in [9.17, 15) is 4.79 Å². The minimum atomic E-state index is 0.128. The van der Waals surface area contributed by atoms with Crippen LogP contribution in [0.1, 0.15) is 41.6 Å². The summed E-state index contributed by atoms with van der Waals surface area (Å²) >= 11 is 0. The Labute approximate surface area is 171 Å². The molecule has 0 radical (unpaired) electrons. The molecule has 2 aliphatic rings. The molecule has 3 heterocycles. The summed E-state index contributed by atoms with van der Waals surface area (Å²) in [6, 6.07) is 21.4. The first-order valence-corrected chi connectivity index (χ1v) is 10.5. The molecule has 3 aromatic rings. The molecule has 2 unspecified atom stereocenters. The summed E-state index contributed by atoms with van der Waals surface area (Å²) < 4.78 is 5.20. The van der Waals surface area contributed by atoms with Gasteiger partial charge in [-0.05, 0) is 55.5 Å². The molecule has 0 amide bonds. The van der Waals surface area contributed by atoms with Crippen LogP contribution in [-0.2, 0) is 6.54 Å². The minimum absolute atomic E-state index is 0.128. The normalized spacial score (nSPS) is 24.0. The van der Waals surface area contributed by atoms with Gasteiger partial charge in [-0.1, -0.05) is 30.3 Å². The lowest BCUT2D eigenvalue weighted by Gasteiger charge is -2.38. The molecule has 1 aromatic heterocycles. The number of hydrogen-bond donors (Lipinski definition) is 0. The molecule has 0 spiro atoms. The molecule has 4 nitrogen and oxygen atoms in total. The van der Waals surface area contributed by atoms with Crippen LogP contribution in [0.3, 0.4) is 0 Å². The molecule has 0 aliphatic carbocycles. The molecule has 0 N–H and O–H groups in total. The molecular formula is C25H26N2O2. The zero-order valence-corrected chi connectivity index (χ0v) is 16.8. The number of hydrogen-bond acceptors (Lipinski definition) is 4. The van der Waals surface area contributed by atoms with Crippen LogP contribution >= 0.6 is 0 Å². The van der Waals surface area contributed by atoms with E-state index in [1.165, 1.54) is 18.4 Å². The zero-order valence-electron chi connectivity index (χ0n) is 16.8. The van der Waals surface area contributed by atoms with Gasteiger partial charge >= 0.3 is 0 Å². The standard InChI is InChI=1S/C25H26N2O2/c1-29-24-12-8-18-13-19(7-11-23(18)26-24)25(28)20-14-21-9-10-22(15-20)27(21)16-17-5-3-2-4-6-17/h2-8,11-13,20-22H,9-10,14-16H2,1H3. The summed E-state index contributed by atoms with van der Waals surface area (Å²) in [6.07, 6.45) is 4.37. The summed E-state index contributed by atoms with van der Waals surface area (Å²) in [5.41, 5.74) is 3.04. The van der Waals surface area contributed by atoms with Crippen molar-refractivity contribution >= 4 is 16.7 Å². The van der Waals surface area contributed by atoms with Gasteiger partial charge in [0.1, 0.15) is 0 Å². The second-order valence-corrected chi connectivity index (χ2v) is 8.34. The Morgan fingerprint density at radius 2 is 1.79 bits per heavy atom. The van der Waals surface area contributed by atoms with Crippen molar-refractivity contribution in [1.82, 2.24) is 9.88 Å². The highest BCUT2D eigenvalue weighted by molar-refractivity contribution is 6.01. The van der Waals surface area contributed by atoms with Crippen LogP contribution in [0, 0.1) is 5.92 Å². The Morgan fingerprint density at radius 1 is 1.03 bits per heavy atom. The van der Waals surface area contributed by atoms with Crippen molar-refractivity contribution < 1.29 is 9.53 Å². The summed E-state index contributed by atoms with van der Waals surface area (Å²) in [7, 11) is 1.62. The second-order valence-electron chi connectivity index (χ2n) is 8.34. The van der Waals surface area contributed by atoms with Crippen LogP contribution in [0.25, 0.3) is 10.9 Å². The third-order valence-corrected chi connectivity index (χ3v) is 6.62. The number of benzene rings is 2. The fourth-order valence-electron chi connectivity index (χ4n) is 5.15. The number of rotatable bonds is 5. The van der Waals surface area contributed by atoms with Gasteiger partial charge in [-0.25, -0.2) is 4.98 Å². The number of carbonyl (C=O) groups is 1. The summed E-state index contributed by atoms with van der Waals surface area (Å²) in [4.78, 5) is 20.4. The van der Waals surface area contributed by atoms with Crippen molar-refractivity contribution in [2.75, 3.05) is 7.11 Å². The first-order valence-electron chi connectivity index (χ1n) is 10.5. The van der Waals surface area contributed by atoms with E-state index in [-0.39, 0.29) is 5.92 Å². The maximum Gasteiger partial charge on any atom is 0.213 e. The maximum absolute atomic E-state index is 13.3. The molecule has 0 saturated carbocycles. The average molecular weight is 386 g/mol. The molecule has 2 aromatic carbocycles. The Kier molecular flexibility index (Phi) is 4.80. The van der Waals surface area contributed by atoms with Crippen LogP contribution in [0.4, 0.5) is 0 Å². The smallest absolute Gasteiger partial charge is 0.213 e. The molecule has 2 aliphatic heterocycles. The molecule has 29 heavy (non-hydrogen) atoms. The summed E-state index contributed by atoms with van der Waals surface area (Å²) in [5, 5.41) is 0.987. The number of Topliss-reactive ketones (excluding diaryl/α,β-unsaturated/α-hetero) is 1. The molecular weight excluding hydrogens is 360 g/mol. The Bertz CT molecular complexity index is 1020. The van der Waals surface area contributed by atoms with Gasteiger partial charge in [-0.2, -0.15) is 0 Å². The highest BCUT2D eigenvalue weighted by Gasteiger charge is 2.42. The summed E-state index contributed by atoms with van der Waals surface area (Å²) in [6.45, 7) is 1.00. The third kappa shape index (κ3) is 3.53. The Balaban J connectivity index is 1.32.